The van der Waals surface area contributed by atoms with Crippen LogP contribution in [-0.2, 0) is 10.0 Å². The van der Waals surface area contributed by atoms with E-state index >= 15 is 0 Å². The number of hydrogen-bond acceptors (Lipinski definition) is 6. The molecular weight excluding hydrogens is 434 g/mol. The Morgan fingerprint density at radius 1 is 1.12 bits per heavy atom. The molecule has 0 aliphatic carbocycles. The third kappa shape index (κ3) is 4.12. The molecule has 1 saturated heterocycles. The molecule has 0 atom stereocenters. The summed E-state index contributed by atoms with van der Waals surface area (Å²) < 4.78 is 27.8. The highest BCUT2D eigenvalue weighted by atomic mass is 32.2. The number of benzene rings is 2. The number of nitro groups is 1. The molecule has 2 heterocycles. The number of sulfonamides is 1. The van der Waals surface area contributed by atoms with E-state index in [1.807, 2.05) is 0 Å². The lowest BCUT2D eigenvalue weighted by Crippen LogP contribution is -2.51. The van der Waals surface area contributed by atoms with Gasteiger partial charge < -0.3 is 10.2 Å². The Bertz CT molecular complexity index is 1300. The number of nitrogens with one attached hydrogen (secondary N) is 1. The van der Waals surface area contributed by atoms with Crippen LogP contribution in [0.1, 0.15) is 5.56 Å². The second-order valence-corrected chi connectivity index (χ2v) is 9.36. The van der Waals surface area contributed by atoms with Crippen LogP contribution in [0.2, 0.25) is 0 Å². The molecule has 3 aromatic rings. The number of carbonyl (C=O) groups excluding carboxylic acids is 1. The minimum Gasteiger partial charge on any atom is -0.322 e. The molecule has 0 bridgehead atoms. The number of aromatic nitrogens is 1. The van der Waals surface area contributed by atoms with Crippen LogP contribution in [0.3, 0.4) is 0 Å². The quantitative estimate of drug-likeness (QED) is 0.476. The van der Waals surface area contributed by atoms with Gasteiger partial charge in [-0.25, -0.2) is 13.2 Å². The van der Waals surface area contributed by atoms with Crippen LogP contribution < -0.4 is 5.32 Å². The first kappa shape index (κ1) is 21.7. The van der Waals surface area contributed by atoms with Gasteiger partial charge in [-0.1, -0.05) is 18.2 Å². The van der Waals surface area contributed by atoms with Gasteiger partial charge in [0.2, 0.25) is 10.0 Å². The van der Waals surface area contributed by atoms with Crippen molar-refractivity contribution in [2.24, 2.45) is 0 Å². The summed E-state index contributed by atoms with van der Waals surface area (Å²) in [5.74, 6) is 0. The third-order valence-corrected chi connectivity index (χ3v) is 7.33. The van der Waals surface area contributed by atoms with E-state index < -0.39 is 21.0 Å². The fourth-order valence-electron chi connectivity index (χ4n) is 3.68. The Hall–Kier alpha value is -3.57. The Balaban J connectivity index is 1.47. The summed E-state index contributed by atoms with van der Waals surface area (Å²) in [7, 11) is -3.76. The summed E-state index contributed by atoms with van der Waals surface area (Å²) in [5.41, 5.74) is 0.618. The number of fused-ring (bicyclic) bond motifs is 1. The zero-order valence-corrected chi connectivity index (χ0v) is 18.1. The number of hydrogen-bond donors (Lipinski definition) is 1. The van der Waals surface area contributed by atoms with E-state index in [1.54, 1.807) is 49.6 Å². The van der Waals surface area contributed by atoms with Crippen molar-refractivity contribution >= 4 is 38.2 Å². The van der Waals surface area contributed by atoms with Crippen molar-refractivity contribution in [2.45, 2.75) is 11.8 Å². The maximum absolute atomic E-state index is 13.2. The average Bonchev–Trinajstić information content (AvgIpc) is 2.79. The number of amides is 2. The van der Waals surface area contributed by atoms with E-state index in [9.17, 15) is 23.3 Å². The summed E-state index contributed by atoms with van der Waals surface area (Å²) in [4.78, 5) is 29.1. The largest absolute Gasteiger partial charge is 0.322 e. The van der Waals surface area contributed by atoms with Crippen molar-refractivity contribution in [1.82, 2.24) is 14.2 Å². The van der Waals surface area contributed by atoms with Gasteiger partial charge in [0, 0.05) is 55.4 Å². The highest BCUT2D eigenvalue weighted by Gasteiger charge is 2.31. The molecule has 1 aliphatic rings. The van der Waals surface area contributed by atoms with E-state index in [0.29, 0.717) is 10.9 Å². The van der Waals surface area contributed by atoms with Crippen molar-refractivity contribution in [3.05, 3.63) is 70.5 Å². The molecule has 10 nitrogen and oxygen atoms in total. The van der Waals surface area contributed by atoms with Crippen molar-refractivity contribution < 1.29 is 18.1 Å². The minimum atomic E-state index is -3.76. The molecule has 2 aromatic carbocycles. The third-order valence-electron chi connectivity index (χ3n) is 5.38. The van der Waals surface area contributed by atoms with Gasteiger partial charge in [-0.05, 0) is 30.7 Å². The van der Waals surface area contributed by atoms with Crippen LogP contribution in [0.5, 0.6) is 0 Å². The topological polar surface area (TPSA) is 126 Å². The highest BCUT2D eigenvalue weighted by molar-refractivity contribution is 7.89. The van der Waals surface area contributed by atoms with E-state index in [-0.39, 0.29) is 42.4 Å². The monoisotopic (exact) mass is 455 g/mol. The first-order valence-electron chi connectivity index (χ1n) is 9.91. The first-order chi connectivity index (χ1) is 15.3. The normalized spacial score (nSPS) is 15.0. The van der Waals surface area contributed by atoms with Crippen LogP contribution >= 0.6 is 0 Å². The molecular formula is C21H21N5O5S. The molecule has 1 fully saturated rings. The van der Waals surface area contributed by atoms with Crippen molar-refractivity contribution in [2.75, 3.05) is 31.5 Å². The molecule has 1 N–H and O–H groups in total. The lowest BCUT2D eigenvalue weighted by atomic mass is 10.2. The number of anilines is 1. The summed E-state index contributed by atoms with van der Waals surface area (Å²) >= 11 is 0. The Morgan fingerprint density at radius 2 is 1.88 bits per heavy atom. The molecule has 2 amide bonds. The van der Waals surface area contributed by atoms with Crippen molar-refractivity contribution in [3.8, 4) is 0 Å². The molecule has 1 aliphatic heterocycles. The summed E-state index contributed by atoms with van der Waals surface area (Å²) in [6, 6.07) is 10.7. The van der Waals surface area contributed by atoms with Crippen molar-refractivity contribution in [1.29, 1.82) is 0 Å². The van der Waals surface area contributed by atoms with Crippen LogP contribution in [-0.4, -0.2) is 59.7 Å². The zero-order chi connectivity index (χ0) is 22.9. The Morgan fingerprint density at radius 3 is 2.59 bits per heavy atom. The molecule has 166 valence electrons. The SMILES string of the molecule is Cc1ccc(NC(=O)N2CCN(S(=O)(=O)c3cccc4cnccc34)CC2)c([N+](=O)[O-])c1. The van der Waals surface area contributed by atoms with Gasteiger partial charge in [0.1, 0.15) is 5.69 Å². The molecule has 32 heavy (non-hydrogen) atoms. The number of piperazine rings is 1. The van der Waals surface area contributed by atoms with Gasteiger partial charge in [-0.15, -0.1) is 0 Å². The van der Waals surface area contributed by atoms with Crippen LogP contribution in [0.15, 0.2) is 59.8 Å². The van der Waals surface area contributed by atoms with Gasteiger partial charge in [0.05, 0.1) is 9.82 Å². The van der Waals surface area contributed by atoms with Crippen LogP contribution in [0.25, 0.3) is 10.8 Å². The predicted octanol–water partition coefficient (Wildman–Crippen LogP) is 2.99. The minimum absolute atomic E-state index is 0.102. The number of aryl methyl sites for hydroxylation is 1. The van der Waals surface area contributed by atoms with E-state index in [4.69, 9.17) is 0 Å². The fraction of sp³-hybridized carbons (Fsp3) is 0.238. The fourth-order valence-corrected chi connectivity index (χ4v) is 5.32. The molecule has 0 radical (unpaired) electrons. The molecule has 11 heteroatoms. The molecule has 0 saturated carbocycles. The van der Waals surface area contributed by atoms with Crippen LogP contribution in [0, 0.1) is 17.0 Å². The summed E-state index contributed by atoms with van der Waals surface area (Å²) in [6.45, 7) is 2.29. The number of pyridine rings is 1. The van der Waals surface area contributed by atoms with Crippen LogP contribution in [0.4, 0.5) is 16.2 Å². The highest BCUT2D eigenvalue weighted by Crippen LogP contribution is 2.27. The maximum atomic E-state index is 13.2. The predicted molar refractivity (Wildman–Crippen MR) is 119 cm³/mol. The Labute approximate surface area is 184 Å². The standard InChI is InChI=1S/C21H21N5O5S/c1-15-5-6-18(19(13-15)26(28)29)23-21(27)24-9-11-25(12-10-24)32(30,31)20-4-2-3-16-14-22-8-7-17(16)20/h2-8,13-14H,9-12H2,1H3,(H,23,27). The van der Waals surface area contributed by atoms with Gasteiger partial charge in [-0.2, -0.15) is 4.31 Å². The number of carbonyl (C=O) groups is 1. The number of rotatable bonds is 4. The molecule has 0 unspecified atom stereocenters. The zero-order valence-electron chi connectivity index (χ0n) is 17.3. The van der Waals surface area contributed by atoms with E-state index in [2.05, 4.69) is 10.3 Å². The number of nitrogens with zero attached hydrogens (tertiary/aromatic N) is 4. The van der Waals surface area contributed by atoms with E-state index in [1.165, 1.54) is 21.3 Å². The lowest BCUT2D eigenvalue weighted by Gasteiger charge is -2.34. The molecule has 0 spiro atoms. The second kappa shape index (κ2) is 8.52. The Kier molecular flexibility index (Phi) is 5.76. The first-order valence-corrected chi connectivity index (χ1v) is 11.4. The van der Waals surface area contributed by atoms with Gasteiger partial charge >= 0.3 is 6.03 Å². The molecule has 4 rings (SSSR count). The van der Waals surface area contributed by atoms with Gasteiger partial charge in [0.15, 0.2) is 0 Å². The molecule has 1 aromatic heterocycles. The van der Waals surface area contributed by atoms with Crippen molar-refractivity contribution in [3.63, 3.8) is 0 Å². The van der Waals surface area contributed by atoms with Gasteiger partial charge in [0.25, 0.3) is 5.69 Å². The summed E-state index contributed by atoms with van der Waals surface area (Å²) in [6.07, 6.45) is 3.16. The smallest absolute Gasteiger partial charge is 0.322 e. The number of nitro benzene ring substituents is 1. The average molecular weight is 455 g/mol. The maximum Gasteiger partial charge on any atom is 0.322 e. The lowest BCUT2D eigenvalue weighted by molar-refractivity contribution is -0.384. The van der Waals surface area contributed by atoms with E-state index in [0.717, 1.165) is 5.39 Å². The second-order valence-electron chi connectivity index (χ2n) is 7.45. The van der Waals surface area contributed by atoms with Gasteiger partial charge in [-0.3, -0.25) is 15.1 Å². The summed E-state index contributed by atoms with van der Waals surface area (Å²) in [5, 5.41) is 15.2. The number of urea groups is 1.